The fourth-order valence-electron chi connectivity index (χ4n) is 6.63. The Hall–Kier alpha value is -4.51. The molecule has 1 aliphatic heterocycles. The third kappa shape index (κ3) is 2.63. The Labute approximate surface area is 208 Å². The van der Waals surface area contributed by atoms with Crippen LogP contribution in [0.1, 0.15) is 28.2 Å². The average molecular weight is 471 g/mol. The maximum absolute atomic E-state index is 14.2. The van der Waals surface area contributed by atoms with Gasteiger partial charge in [0.1, 0.15) is 5.75 Å². The van der Waals surface area contributed by atoms with Crippen LogP contribution in [0.2, 0.25) is 0 Å². The van der Waals surface area contributed by atoms with Crippen molar-refractivity contribution in [2.75, 3.05) is 4.90 Å². The Morgan fingerprint density at radius 2 is 1.39 bits per heavy atom. The van der Waals surface area contributed by atoms with Crippen LogP contribution in [-0.2, 0) is 15.0 Å². The summed E-state index contributed by atoms with van der Waals surface area (Å²) in [6, 6.07) is 32.1. The van der Waals surface area contributed by atoms with Gasteiger partial charge >= 0.3 is 0 Å². The monoisotopic (exact) mass is 470 g/mol. The molecule has 0 unspecified atom stereocenters. The highest BCUT2D eigenvalue weighted by molar-refractivity contribution is 6.25. The average Bonchev–Trinajstić information content (AvgIpc) is 3.19. The van der Waals surface area contributed by atoms with Gasteiger partial charge in [0.05, 0.1) is 28.6 Å². The quantitative estimate of drug-likeness (QED) is 0.324. The van der Waals surface area contributed by atoms with E-state index in [4.69, 9.17) is 4.99 Å². The molecule has 3 aliphatic carbocycles. The van der Waals surface area contributed by atoms with Gasteiger partial charge in [0, 0.05) is 18.2 Å². The number of nitrogens with zero attached hydrogens (tertiary/aromatic N) is 2. The molecule has 0 spiro atoms. The predicted octanol–water partition coefficient (Wildman–Crippen LogP) is 5.35. The Balaban J connectivity index is 1.52. The number of anilines is 1. The first-order valence-electron chi connectivity index (χ1n) is 12.1. The second-order valence-corrected chi connectivity index (χ2v) is 9.65. The molecule has 174 valence electrons. The summed E-state index contributed by atoms with van der Waals surface area (Å²) in [6.07, 6.45) is 1.84. The molecule has 4 aliphatic rings. The molecular weight excluding hydrogens is 448 g/mol. The maximum atomic E-state index is 14.2. The normalized spacial score (nSPS) is 25.7. The minimum absolute atomic E-state index is 0.121. The largest absolute Gasteiger partial charge is 0.508 e. The lowest BCUT2D eigenvalue weighted by Gasteiger charge is -2.52. The first-order chi connectivity index (χ1) is 17.6. The second kappa shape index (κ2) is 7.49. The van der Waals surface area contributed by atoms with Crippen LogP contribution in [0.3, 0.4) is 0 Å². The van der Waals surface area contributed by atoms with E-state index in [1.165, 1.54) is 4.90 Å². The van der Waals surface area contributed by atoms with Crippen molar-refractivity contribution >= 4 is 29.4 Å². The number of rotatable bonds is 3. The molecule has 0 radical (unpaired) electrons. The molecule has 5 heteroatoms. The summed E-state index contributed by atoms with van der Waals surface area (Å²) in [5.74, 6) is -1.61. The number of carbonyl (C=O) groups is 2. The Morgan fingerprint density at radius 3 is 2.06 bits per heavy atom. The zero-order chi connectivity index (χ0) is 24.4. The molecule has 1 saturated heterocycles. The highest BCUT2D eigenvalue weighted by Crippen LogP contribution is 2.63. The highest BCUT2D eigenvalue weighted by Gasteiger charge is 2.67. The van der Waals surface area contributed by atoms with E-state index >= 15 is 0 Å². The van der Waals surface area contributed by atoms with Gasteiger partial charge in [0.25, 0.3) is 0 Å². The lowest BCUT2D eigenvalue weighted by molar-refractivity contribution is -0.122. The van der Waals surface area contributed by atoms with E-state index in [1.54, 1.807) is 18.2 Å². The maximum Gasteiger partial charge on any atom is 0.239 e. The number of aromatic hydroxyl groups is 1. The standard InChI is InChI=1S/C31H22N2O3/c34-21-12-8-9-19(17-21)32-18-31-24-15-6-4-13-22(24)26(23-14-5-7-16-25(23)31)27-28(31)30(36)33(29(27)35)20-10-2-1-3-11-20/h1-18,26-28,34H/t26?,27-,28-,31?/m1/s1. The molecule has 5 nitrogen and oxygen atoms in total. The van der Waals surface area contributed by atoms with E-state index in [-0.39, 0.29) is 23.5 Å². The molecule has 1 N–H and O–H groups in total. The zero-order valence-electron chi connectivity index (χ0n) is 19.3. The Morgan fingerprint density at radius 1 is 0.750 bits per heavy atom. The van der Waals surface area contributed by atoms with E-state index in [9.17, 15) is 14.7 Å². The van der Waals surface area contributed by atoms with Crippen molar-refractivity contribution in [3.63, 3.8) is 0 Å². The Kier molecular flexibility index (Phi) is 4.33. The summed E-state index contributed by atoms with van der Waals surface area (Å²) < 4.78 is 0. The van der Waals surface area contributed by atoms with E-state index in [0.29, 0.717) is 11.4 Å². The summed E-state index contributed by atoms with van der Waals surface area (Å²) in [7, 11) is 0. The molecule has 4 aromatic rings. The van der Waals surface area contributed by atoms with Crippen molar-refractivity contribution in [2.24, 2.45) is 16.8 Å². The lowest BCUT2D eigenvalue weighted by atomic mass is 9.47. The van der Waals surface area contributed by atoms with E-state index in [2.05, 4.69) is 24.3 Å². The van der Waals surface area contributed by atoms with Gasteiger partial charge in [-0.1, -0.05) is 72.8 Å². The molecule has 0 saturated carbocycles. The number of aliphatic imine (C=N–C) groups is 1. The number of para-hydroxylation sites is 1. The van der Waals surface area contributed by atoms with Crippen LogP contribution >= 0.6 is 0 Å². The van der Waals surface area contributed by atoms with Crippen molar-refractivity contribution in [3.05, 3.63) is 125 Å². The van der Waals surface area contributed by atoms with Gasteiger partial charge in [-0.2, -0.15) is 0 Å². The molecule has 1 heterocycles. The van der Waals surface area contributed by atoms with Crippen molar-refractivity contribution in [2.45, 2.75) is 11.3 Å². The highest BCUT2D eigenvalue weighted by atomic mass is 16.3. The van der Waals surface area contributed by atoms with E-state index in [0.717, 1.165) is 22.3 Å². The molecule has 1 fully saturated rings. The summed E-state index contributed by atoms with van der Waals surface area (Å²) >= 11 is 0. The SMILES string of the molecule is O=C1[C@@H]2C3c4ccccc4C(C=Nc4cccc(O)c4)(c4ccccc43)[C@H]2C(=O)N1c1ccccc1. The van der Waals surface area contributed by atoms with Gasteiger partial charge in [0.15, 0.2) is 0 Å². The van der Waals surface area contributed by atoms with Crippen LogP contribution in [0.15, 0.2) is 108 Å². The summed E-state index contributed by atoms with van der Waals surface area (Å²) in [5, 5.41) is 10.0. The van der Waals surface area contributed by atoms with Gasteiger partial charge in [-0.15, -0.1) is 0 Å². The minimum atomic E-state index is -0.922. The summed E-state index contributed by atoms with van der Waals surface area (Å²) in [5.41, 5.74) is 4.40. The number of hydrogen-bond acceptors (Lipinski definition) is 4. The molecule has 2 atom stereocenters. The third-order valence-corrected chi connectivity index (χ3v) is 7.95. The zero-order valence-corrected chi connectivity index (χ0v) is 19.3. The summed E-state index contributed by atoms with van der Waals surface area (Å²) in [6.45, 7) is 0. The topological polar surface area (TPSA) is 70.0 Å². The molecule has 4 aromatic carbocycles. The van der Waals surface area contributed by atoms with Crippen LogP contribution in [0.5, 0.6) is 5.75 Å². The molecule has 2 amide bonds. The first kappa shape index (κ1) is 20.8. The van der Waals surface area contributed by atoms with Crippen LogP contribution in [0.25, 0.3) is 0 Å². The molecule has 2 bridgehead atoms. The van der Waals surface area contributed by atoms with Crippen LogP contribution in [0.4, 0.5) is 11.4 Å². The number of hydrogen-bond donors (Lipinski definition) is 1. The van der Waals surface area contributed by atoms with Crippen molar-refractivity contribution < 1.29 is 14.7 Å². The molecular formula is C31H22N2O3. The van der Waals surface area contributed by atoms with Gasteiger partial charge in [-0.05, 0) is 46.5 Å². The number of carbonyl (C=O) groups excluding carboxylic acids is 2. The smallest absolute Gasteiger partial charge is 0.239 e. The first-order valence-corrected chi connectivity index (χ1v) is 12.1. The molecule has 0 aromatic heterocycles. The number of imide groups is 1. The lowest BCUT2D eigenvalue weighted by Crippen LogP contribution is -2.54. The Bertz CT molecular complexity index is 1530. The fourth-order valence-corrected chi connectivity index (χ4v) is 6.63. The number of benzene rings is 4. The third-order valence-electron chi connectivity index (χ3n) is 7.95. The predicted molar refractivity (Wildman–Crippen MR) is 138 cm³/mol. The van der Waals surface area contributed by atoms with Crippen LogP contribution in [-0.4, -0.2) is 23.1 Å². The van der Waals surface area contributed by atoms with Crippen molar-refractivity contribution in [1.29, 1.82) is 0 Å². The summed E-state index contributed by atoms with van der Waals surface area (Å²) in [4.78, 5) is 34.5. The van der Waals surface area contributed by atoms with E-state index in [1.807, 2.05) is 66.9 Å². The number of phenolic OH excluding ortho intramolecular Hbond substituents is 1. The van der Waals surface area contributed by atoms with Gasteiger partial charge in [-0.3, -0.25) is 14.6 Å². The minimum Gasteiger partial charge on any atom is -0.508 e. The number of amides is 2. The van der Waals surface area contributed by atoms with E-state index < -0.39 is 17.3 Å². The van der Waals surface area contributed by atoms with Crippen LogP contribution < -0.4 is 4.90 Å². The van der Waals surface area contributed by atoms with Gasteiger partial charge in [0.2, 0.25) is 11.8 Å². The van der Waals surface area contributed by atoms with Crippen molar-refractivity contribution in [3.8, 4) is 5.75 Å². The second-order valence-electron chi connectivity index (χ2n) is 9.65. The fraction of sp³-hybridized carbons (Fsp3) is 0.129. The number of phenols is 1. The molecule has 8 rings (SSSR count). The van der Waals surface area contributed by atoms with Crippen molar-refractivity contribution in [1.82, 2.24) is 0 Å². The molecule has 36 heavy (non-hydrogen) atoms. The van der Waals surface area contributed by atoms with Gasteiger partial charge < -0.3 is 5.11 Å². The van der Waals surface area contributed by atoms with Gasteiger partial charge in [-0.25, -0.2) is 4.90 Å². The van der Waals surface area contributed by atoms with Crippen LogP contribution in [0, 0.1) is 11.8 Å².